The summed E-state index contributed by atoms with van der Waals surface area (Å²) in [7, 11) is -2.04. The van der Waals surface area contributed by atoms with Crippen LogP contribution in [-0.2, 0) is 14.6 Å². The number of benzene rings is 1. The Morgan fingerprint density at radius 3 is 2.32 bits per heavy atom. The number of anilines is 1. The van der Waals surface area contributed by atoms with Gasteiger partial charge in [-0.25, -0.2) is 13.4 Å². The summed E-state index contributed by atoms with van der Waals surface area (Å²) >= 11 is 10.1. The molecule has 1 aromatic carbocycles. The van der Waals surface area contributed by atoms with E-state index < -0.39 is 11.3 Å². The van der Waals surface area contributed by atoms with Gasteiger partial charge in [0.1, 0.15) is 0 Å². The summed E-state index contributed by atoms with van der Waals surface area (Å²) in [4.78, 5) is 16.3. The maximum atomic E-state index is 12.2. The smallest absolute Gasteiger partial charge is 0.241 e. The Labute approximate surface area is 157 Å². The van der Waals surface area contributed by atoms with E-state index in [0.29, 0.717) is 12.1 Å². The molecule has 1 amide bonds. The molecular formula is C12H9Br3N2O3S2. The van der Waals surface area contributed by atoms with E-state index in [1.165, 1.54) is 4.90 Å². The Morgan fingerprint density at radius 1 is 1.23 bits per heavy atom. The standard InChI is InChI=1S/C12H9Br3N2O3S2/c1-17(7-18)9-4-2-8(3-5-9)10-6-21-11(16-10)22(19,20)12(13,14)15/h2-7H,1H3. The van der Waals surface area contributed by atoms with Crippen molar-refractivity contribution in [2.45, 2.75) is 5.81 Å². The molecule has 0 aliphatic carbocycles. The molecule has 0 fully saturated rings. The second-order valence-electron chi connectivity index (χ2n) is 4.21. The van der Waals surface area contributed by atoms with Crippen molar-refractivity contribution in [2.24, 2.45) is 0 Å². The van der Waals surface area contributed by atoms with Gasteiger partial charge in [0.15, 0.2) is 0 Å². The molecule has 0 aliphatic heterocycles. The molecule has 1 aromatic heterocycles. The van der Waals surface area contributed by atoms with Gasteiger partial charge in [-0.05, 0) is 59.9 Å². The van der Waals surface area contributed by atoms with Gasteiger partial charge in [-0.3, -0.25) is 4.79 Å². The number of alkyl halides is 3. The minimum absolute atomic E-state index is 0.0118. The highest BCUT2D eigenvalue weighted by atomic mass is 80.0. The molecule has 0 bridgehead atoms. The molecule has 0 saturated heterocycles. The molecular weight excluding hydrogens is 524 g/mol. The zero-order chi connectivity index (χ0) is 16.5. The third-order valence-corrected chi connectivity index (χ3v) is 9.32. The lowest BCUT2D eigenvalue weighted by Gasteiger charge is -2.11. The van der Waals surface area contributed by atoms with Crippen molar-refractivity contribution < 1.29 is 13.2 Å². The minimum Gasteiger partial charge on any atom is -0.318 e. The summed E-state index contributed by atoms with van der Waals surface area (Å²) in [6.07, 6.45) is 0.712. The molecule has 118 valence electrons. The molecule has 0 spiro atoms. The number of nitrogens with zero attached hydrogens (tertiary/aromatic N) is 2. The van der Waals surface area contributed by atoms with Crippen LogP contribution in [0.2, 0.25) is 0 Å². The number of hydrogen-bond acceptors (Lipinski definition) is 5. The summed E-state index contributed by atoms with van der Waals surface area (Å²) in [5.74, 6) is 0. The van der Waals surface area contributed by atoms with Crippen LogP contribution in [0.3, 0.4) is 0 Å². The van der Waals surface area contributed by atoms with Crippen LogP contribution in [0.4, 0.5) is 5.69 Å². The van der Waals surface area contributed by atoms with Crippen LogP contribution >= 0.6 is 59.1 Å². The number of sulfone groups is 1. The first-order chi connectivity index (χ1) is 10.2. The fraction of sp³-hybridized carbons (Fsp3) is 0.167. The summed E-state index contributed by atoms with van der Waals surface area (Å²) in [5.41, 5.74) is 2.06. The Hall–Kier alpha value is -0.290. The maximum Gasteiger partial charge on any atom is 0.241 e. The molecule has 10 heteroatoms. The molecule has 2 aromatic rings. The predicted molar refractivity (Wildman–Crippen MR) is 98.7 cm³/mol. The van der Waals surface area contributed by atoms with Crippen LogP contribution in [-0.4, -0.2) is 28.3 Å². The van der Waals surface area contributed by atoms with Gasteiger partial charge in [-0.1, -0.05) is 12.1 Å². The Balaban J connectivity index is 2.35. The molecule has 0 N–H and O–H groups in total. The second kappa shape index (κ2) is 6.68. The molecule has 5 nitrogen and oxygen atoms in total. The molecule has 0 atom stereocenters. The fourth-order valence-corrected chi connectivity index (χ4v) is 5.88. The van der Waals surface area contributed by atoms with Crippen molar-refractivity contribution in [1.82, 2.24) is 4.98 Å². The molecule has 0 aliphatic rings. The Bertz CT molecular complexity index is 783. The van der Waals surface area contributed by atoms with Gasteiger partial charge in [-0.15, -0.1) is 11.3 Å². The highest BCUT2D eigenvalue weighted by Gasteiger charge is 2.39. The summed E-state index contributed by atoms with van der Waals surface area (Å²) in [6, 6.07) is 7.09. The van der Waals surface area contributed by atoms with E-state index in [1.807, 2.05) is 0 Å². The van der Waals surface area contributed by atoms with Crippen molar-refractivity contribution in [3.8, 4) is 11.3 Å². The third kappa shape index (κ3) is 3.61. The van der Waals surface area contributed by atoms with E-state index in [9.17, 15) is 13.2 Å². The lowest BCUT2D eigenvalue weighted by Crippen LogP contribution is -2.17. The Kier molecular flexibility index (Phi) is 5.48. The van der Waals surface area contributed by atoms with Crippen LogP contribution in [0.1, 0.15) is 0 Å². The fourth-order valence-electron chi connectivity index (χ4n) is 1.54. The van der Waals surface area contributed by atoms with Crippen molar-refractivity contribution in [2.75, 3.05) is 11.9 Å². The quantitative estimate of drug-likeness (QED) is 0.441. The number of aromatic nitrogens is 1. The number of rotatable bonds is 4. The first-order valence-corrected chi connectivity index (χ1v) is 10.5. The van der Waals surface area contributed by atoms with Gasteiger partial charge in [0.05, 0.1) is 5.69 Å². The first-order valence-electron chi connectivity index (χ1n) is 5.72. The van der Waals surface area contributed by atoms with Crippen molar-refractivity contribution in [1.29, 1.82) is 0 Å². The van der Waals surface area contributed by atoms with Gasteiger partial charge < -0.3 is 4.90 Å². The van der Waals surface area contributed by atoms with Gasteiger partial charge in [-0.2, -0.15) is 0 Å². The van der Waals surface area contributed by atoms with E-state index in [0.717, 1.165) is 22.6 Å². The zero-order valence-corrected chi connectivity index (χ0v) is 17.4. The lowest BCUT2D eigenvalue weighted by atomic mass is 10.1. The third-order valence-electron chi connectivity index (χ3n) is 2.75. The highest BCUT2D eigenvalue weighted by Crippen LogP contribution is 2.44. The predicted octanol–water partition coefficient (Wildman–Crippen LogP) is 3.97. The topological polar surface area (TPSA) is 67.3 Å². The van der Waals surface area contributed by atoms with Crippen LogP contribution < -0.4 is 4.90 Å². The number of thiazole rings is 1. The first kappa shape index (κ1) is 18.1. The highest BCUT2D eigenvalue weighted by molar-refractivity contribution is 9.42. The van der Waals surface area contributed by atoms with Gasteiger partial charge >= 0.3 is 0 Å². The van der Waals surface area contributed by atoms with Crippen LogP contribution in [0, 0.1) is 0 Å². The number of carbonyl (C=O) groups excluding carboxylic acids is 1. The van der Waals surface area contributed by atoms with Crippen molar-refractivity contribution >= 4 is 81.1 Å². The van der Waals surface area contributed by atoms with Gasteiger partial charge in [0.2, 0.25) is 22.1 Å². The lowest BCUT2D eigenvalue weighted by molar-refractivity contribution is -0.107. The molecule has 0 saturated carbocycles. The second-order valence-corrected chi connectivity index (χ2v) is 15.7. The number of halogens is 3. The average molecular weight is 533 g/mol. The van der Waals surface area contributed by atoms with Gasteiger partial charge in [0, 0.05) is 23.7 Å². The van der Waals surface area contributed by atoms with Crippen LogP contribution in [0.25, 0.3) is 11.3 Å². The Morgan fingerprint density at radius 2 is 1.82 bits per heavy atom. The SMILES string of the molecule is CN(C=O)c1ccc(-c2csc(S(=O)(=O)C(Br)(Br)Br)n2)cc1. The molecule has 2 rings (SSSR count). The van der Waals surface area contributed by atoms with Crippen molar-refractivity contribution in [3.05, 3.63) is 29.6 Å². The van der Waals surface area contributed by atoms with Gasteiger partial charge in [0.25, 0.3) is 0 Å². The van der Waals surface area contributed by atoms with E-state index in [1.54, 1.807) is 36.7 Å². The molecule has 0 unspecified atom stereocenters. The van der Waals surface area contributed by atoms with E-state index in [2.05, 4.69) is 52.8 Å². The maximum absolute atomic E-state index is 12.2. The summed E-state index contributed by atoms with van der Waals surface area (Å²) in [6.45, 7) is 0. The molecule has 1 heterocycles. The minimum atomic E-state index is -3.69. The summed E-state index contributed by atoms with van der Waals surface area (Å²) in [5, 5.41) is 1.67. The molecule has 0 radical (unpaired) electrons. The number of amides is 1. The monoisotopic (exact) mass is 530 g/mol. The zero-order valence-electron chi connectivity index (χ0n) is 11.0. The molecule has 22 heavy (non-hydrogen) atoms. The van der Waals surface area contributed by atoms with E-state index in [4.69, 9.17) is 0 Å². The van der Waals surface area contributed by atoms with Crippen LogP contribution in [0.15, 0.2) is 34.0 Å². The van der Waals surface area contributed by atoms with E-state index >= 15 is 0 Å². The normalized spacial score (nSPS) is 12.2. The van der Waals surface area contributed by atoms with Crippen LogP contribution in [0.5, 0.6) is 0 Å². The van der Waals surface area contributed by atoms with E-state index in [-0.39, 0.29) is 4.34 Å². The number of carbonyl (C=O) groups is 1. The summed E-state index contributed by atoms with van der Waals surface area (Å²) < 4.78 is 23.0. The average Bonchev–Trinajstić information content (AvgIpc) is 2.96. The largest absolute Gasteiger partial charge is 0.318 e. The van der Waals surface area contributed by atoms with Crippen molar-refractivity contribution in [3.63, 3.8) is 0 Å². The number of hydrogen-bond donors (Lipinski definition) is 0.